The zero-order chi connectivity index (χ0) is 12.0. The highest BCUT2D eigenvalue weighted by molar-refractivity contribution is 5.77. The summed E-state index contributed by atoms with van der Waals surface area (Å²) < 4.78 is 5.25. The summed E-state index contributed by atoms with van der Waals surface area (Å²) in [5.41, 5.74) is 7.72. The topological polar surface area (TPSA) is 76.4 Å². The summed E-state index contributed by atoms with van der Waals surface area (Å²) >= 11 is 0. The molecule has 0 amide bonds. The van der Waals surface area contributed by atoms with Crippen LogP contribution in [0.15, 0.2) is 9.52 Å². The molecule has 0 aromatic carbocycles. The molecule has 1 rings (SSSR count). The van der Waals surface area contributed by atoms with Crippen LogP contribution in [0.4, 0.5) is 0 Å². The van der Waals surface area contributed by atoms with Gasteiger partial charge in [-0.2, -0.15) is 0 Å². The molecule has 90 valence electrons. The van der Waals surface area contributed by atoms with Crippen molar-refractivity contribution in [3.8, 4) is 0 Å². The average molecular weight is 224 g/mol. The minimum atomic E-state index is 0.466. The van der Waals surface area contributed by atoms with Crippen molar-refractivity contribution in [2.75, 3.05) is 6.54 Å². The first-order chi connectivity index (χ1) is 7.72. The van der Waals surface area contributed by atoms with Gasteiger partial charge in [0.25, 0.3) is 0 Å². The molecule has 0 radical (unpaired) electrons. The number of nitrogens with one attached hydrogen (secondary N) is 1. The van der Waals surface area contributed by atoms with Crippen molar-refractivity contribution in [3.05, 3.63) is 17.0 Å². The van der Waals surface area contributed by atoms with Gasteiger partial charge in [0.15, 0.2) is 5.96 Å². The van der Waals surface area contributed by atoms with E-state index >= 15 is 0 Å². The largest absolute Gasteiger partial charge is 0.370 e. The molecule has 0 aliphatic carbocycles. The molecule has 0 saturated heterocycles. The van der Waals surface area contributed by atoms with Crippen LogP contribution in [0.2, 0.25) is 0 Å². The van der Waals surface area contributed by atoms with Crippen LogP contribution >= 0.6 is 0 Å². The van der Waals surface area contributed by atoms with E-state index in [9.17, 15) is 0 Å². The van der Waals surface area contributed by atoms with Crippen LogP contribution in [0.3, 0.4) is 0 Å². The molecule has 0 saturated carbocycles. The Hall–Kier alpha value is -1.52. The highest BCUT2D eigenvalue weighted by Crippen LogP contribution is 2.16. The van der Waals surface area contributed by atoms with Crippen molar-refractivity contribution < 1.29 is 4.52 Å². The maximum Gasteiger partial charge on any atom is 0.188 e. The molecule has 0 fully saturated rings. The van der Waals surface area contributed by atoms with E-state index in [1.54, 1.807) is 0 Å². The van der Waals surface area contributed by atoms with Crippen LogP contribution in [0.1, 0.15) is 37.8 Å². The zero-order valence-electron chi connectivity index (χ0n) is 10.2. The molecule has 0 unspecified atom stereocenters. The third-order valence-electron chi connectivity index (χ3n) is 2.37. The minimum absolute atomic E-state index is 0.466. The van der Waals surface area contributed by atoms with Crippen molar-refractivity contribution in [1.29, 1.82) is 0 Å². The second kappa shape index (κ2) is 6.15. The van der Waals surface area contributed by atoms with Crippen LogP contribution in [-0.2, 0) is 19.4 Å². The highest BCUT2D eigenvalue weighted by atomic mass is 16.5. The molecule has 5 heteroatoms. The first-order valence-electron chi connectivity index (χ1n) is 5.72. The van der Waals surface area contributed by atoms with E-state index < -0.39 is 0 Å². The predicted octanol–water partition coefficient (Wildman–Crippen LogP) is 1.22. The number of hydrogen-bond acceptors (Lipinski definition) is 3. The molecule has 0 aliphatic rings. The summed E-state index contributed by atoms with van der Waals surface area (Å²) in [7, 11) is 0. The van der Waals surface area contributed by atoms with Crippen molar-refractivity contribution in [1.82, 2.24) is 10.5 Å². The fraction of sp³-hybridized carbons (Fsp3) is 0.636. The number of hydrogen-bond donors (Lipinski definition) is 2. The standard InChI is InChI=1S/C11H20N4O/c1-4-9-8(10(5-2)16-15-9)7-14-11(12)13-6-3/h4-7H2,1-3H3,(H3,12,13,14). The zero-order valence-corrected chi connectivity index (χ0v) is 10.2. The number of aryl methyl sites for hydroxylation is 2. The summed E-state index contributed by atoms with van der Waals surface area (Å²) in [4.78, 5) is 4.26. The van der Waals surface area contributed by atoms with Crippen LogP contribution in [-0.4, -0.2) is 17.7 Å². The van der Waals surface area contributed by atoms with E-state index in [4.69, 9.17) is 10.3 Å². The fourth-order valence-electron chi connectivity index (χ4n) is 1.52. The molecule has 0 atom stereocenters. The summed E-state index contributed by atoms with van der Waals surface area (Å²) in [5.74, 6) is 1.37. The lowest BCUT2D eigenvalue weighted by Crippen LogP contribution is -2.31. The third kappa shape index (κ3) is 2.98. The van der Waals surface area contributed by atoms with Gasteiger partial charge in [-0.1, -0.05) is 19.0 Å². The first-order valence-corrected chi connectivity index (χ1v) is 5.72. The van der Waals surface area contributed by atoms with E-state index in [2.05, 4.69) is 22.4 Å². The molecule has 1 heterocycles. The van der Waals surface area contributed by atoms with Crippen molar-refractivity contribution in [2.24, 2.45) is 10.7 Å². The smallest absolute Gasteiger partial charge is 0.188 e. The predicted molar refractivity (Wildman–Crippen MR) is 64.3 cm³/mol. The Bertz CT molecular complexity index is 335. The summed E-state index contributed by atoms with van der Waals surface area (Å²) in [6, 6.07) is 0. The molecule has 0 spiro atoms. The lowest BCUT2D eigenvalue weighted by molar-refractivity contribution is 0.380. The fourth-order valence-corrected chi connectivity index (χ4v) is 1.52. The van der Waals surface area contributed by atoms with Gasteiger partial charge in [-0.3, -0.25) is 0 Å². The van der Waals surface area contributed by atoms with E-state index in [-0.39, 0.29) is 0 Å². The SMILES string of the molecule is CCNC(N)=NCc1c(CC)noc1CC. The molecule has 3 N–H and O–H groups in total. The van der Waals surface area contributed by atoms with Crippen molar-refractivity contribution in [3.63, 3.8) is 0 Å². The van der Waals surface area contributed by atoms with Gasteiger partial charge >= 0.3 is 0 Å². The summed E-state index contributed by atoms with van der Waals surface area (Å²) in [6.07, 6.45) is 1.69. The monoisotopic (exact) mass is 224 g/mol. The Balaban J connectivity index is 2.78. The number of guanidine groups is 1. The lowest BCUT2D eigenvalue weighted by Gasteiger charge is -2.02. The molecule has 1 aromatic rings. The molecular formula is C11H20N4O. The third-order valence-corrected chi connectivity index (χ3v) is 2.37. The maximum atomic E-state index is 5.67. The number of nitrogens with zero attached hydrogens (tertiary/aromatic N) is 2. The molecule has 1 aromatic heterocycles. The van der Waals surface area contributed by atoms with Crippen LogP contribution in [0.25, 0.3) is 0 Å². The number of aliphatic imine (C=N–C) groups is 1. The summed E-state index contributed by atoms with van der Waals surface area (Å²) in [6.45, 7) is 7.39. The second-order valence-electron chi connectivity index (χ2n) is 3.47. The Labute approximate surface area is 96.1 Å². The minimum Gasteiger partial charge on any atom is -0.370 e. The van der Waals surface area contributed by atoms with Crippen LogP contribution in [0.5, 0.6) is 0 Å². The number of rotatable bonds is 5. The molecule has 0 aliphatic heterocycles. The van der Waals surface area contributed by atoms with Crippen LogP contribution in [0, 0.1) is 0 Å². The van der Waals surface area contributed by atoms with Gasteiger partial charge in [0.2, 0.25) is 0 Å². The summed E-state index contributed by atoms with van der Waals surface area (Å²) in [5, 5.41) is 6.98. The van der Waals surface area contributed by atoms with Gasteiger partial charge < -0.3 is 15.6 Å². The average Bonchev–Trinajstić information content (AvgIpc) is 2.68. The van der Waals surface area contributed by atoms with Crippen molar-refractivity contribution >= 4 is 5.96 Å². The first kappa shape index (κ1) is 12.5. The van der Waals surface area contributed by atoms with E-state index in [1.807, 2.05) is 13.8 Å². The second-order valence-corrected chi connectivity index (χ2v) is 3.47. The van der Waals surface area contributed by atoms with Gasteiger partial charge in [-0.05, 0) is 13.3 Å². The van der Waals surface area contributed by atoms with Gasteiger partial charge in [-0.25, -0.2) is 4.99 Å². The van der Waals surface area contributed by atoms with Gasteiger partial charge in [0.1, 0.15) is 5.76 Å². The van der Waals surface area contributed by atoms with E-state index in [1.165, 1.54) is 0 Å². The molecule has 5 nitrogen and oxygen atoms in total. The van der Waals surface area contributed by atoms with E-state index in [0.717, 1.165) is 36.4 Å². The Morgan fingerprint density at radius 2 is 2.12 bits per heavy atom. The van der Waals surface area contributed by atoms with Crippen LogP contribution < -0.4 is 11.1 Å². The van der Waals surface area contributed by atoms with Gasteiger partial charge in [-0.15, -0.1) is 0 Å². The molecular weight excluding hydrogens is 204 g/mol. The molecule has 0 bridgehead atoms. The van der Waals surface area contributed by atoms with E-state index in [0.29, 0.717) is 12.5 Å². The highest BCUT2D eigenvalue weighted by Gasteiger charge is 2.12. The maximum absolute atomic E-state index is 5.67. The normalized spacial score (nSPS) is 11.8. The van der Waals surface area contributed by atoms with Crippen molar-refractivity contribution in [2.45, 2.75) is 40.2 Å². The molecule has 16 heavy (non-hydrogen) atoms. The number of aromatic nitrogens is 1. The van der Waals surface area contributed by atoms with Gasteiger partial charge in [0, 0.05) is 18.5 Å². The quantitative estimate of drug-likeness (QED) is 0.582. The Morgan fingerprint density at radius 1 is 1.38 bits per heavy atom. The lowest BCUT2D eigenvalue weighted by atomic mass is 10.1. The van der Waals surface area contributed by atoms with Gasteiger partial charge in [0.05, 0.1) is 12.2 Å². The Morgan fingerprint density at radius 3 is 2.69 bits per heavy atom. The number of nitrogens with two attached hydrogens (primary N) is 1. The Kier molecular flexibility index (Phi) is 4.82.